The molecule has 1 saturated heterocycles. The van der Waals surface area contributed by atoms with Gasteiger partial charge in [0, 0.05) is 25.8 Å². The summed E-state index contributed by atoms with van der Waals surface area (Å²) in [6.45, 7) is 5.22. The van der Waals surface area contributed by atoms with Crippen molar-refractivity contribution in [3.05, 3.63) is 35.3 Å². The first-order valence-corrected chi connectivity index (χ1v) is 9.09. The van der Waals surface area contributed by atoms with Crippen LogP contribution in [0.25, 0.3) is 11.3 Å². The SMILES string of the molecule is CCc1onc(C)c1-c1cccc([C@@H]2CN(C(=O)CCC(N)=O)CCO2)n1. The molecular weight excluding hydrogens is 348 g/mol. The van der Waals surface area contributed by atoms with Crippen LogP contribution in [0.15, 0.2) is 22.7 Å². The van der Waals surface area contributed by atoms with Crippen molar-refractivity contribution in [2.45, 2.75) is 39.2 Å². The summed E-state index contributed by atoms with van der Waals surface area (Å²) in [4.78, 5) is 29.6. The van der Waals surface area contributed by atoms with E-state index in [4.69, 9.17) is 20.0 Å². The number of primary amides is 1. The van der Waals surface area contributed by atoms with E-state index in [-0.39, 0.29) is 24.9 Å². The highest BCUT2D eigenvalue weighted by atomic mass is 16.5. The molecule has 0 aromatic carbocycles. The number of nitrogens with zero attached hydrogens (tertiary/aromatic N) is 3. The van der Waals surface area contributed by atoms with Gasteiger partial charge in [0.05, 0.1) is 35.8 Å². The van der Waals surface area contributed by atoms with Crippen molar-refractivity contribution >= 4 is 11.8 Å². The van der Waals surface area contributed by atoms with Crippen LogP contribution in [-0.4, -0.2) is 46.6 Å². The predicted octanol–water partition coefficient (Wildman–Crippen LogP) is 1.77. The highest BCUT2D eigenvalue weighted by molar-refractivity contribution is 5.83. The number of pyridine rings is 1. The molecule has 1 atom stereocenters. The van der Waals surface area contributed by atoms with Crippen LogP contribution in [0.2, 0.25) is 0 Å². The normalized spacial score (nSPS) is 17.1. The lowest BCUT2D eigenvalue weighted by Gasteiger charge is -2.32. The number of aryl methyl sites for hydroxylation is 2. The van der Waals surface area contributed by atoms with Gasteiger partial charge in [0.15, 0.2) is 0 Å². The number of amides is 2. The third kappa shape index (κ3) is 4.33. The van der Waals surface area contributed by atoms with Crippen molar-refractivity contribution < 1.29 is 18.8 Å². The second kappa shape index (κ2) is 8.30. The van der Waals surface area contributed by atoms with E-state index in [1.165, 1.54) is 0 Å². The highest BCUT2D eigenvalue weighted by Crippen LogP contribution is 2.29. The molecule has 0 unspecified atom stereocenters. The van der Waals surface area contributed by atoms with E-state index < -0.39 is 5.91 Å². The molecule has 8 heteroatoms. The van der Waals surface area contributed by atoms with Crippen molar-refractivity contribution in [1.82, 2.24) is 15.0 Å². The average Bonchev–Trinajstić information content (AvgIpc) is 3.07. The van der Waals surface area contributed by atoms with Crippen molar-refractivity contribution in [3.63, 3.8) is 0 Å². The lowest BCUT2D eigenvalue weighted by molar-refractivity contribution is -0.140. The molecule has 1 fully saturated rings. The second-order valence-corrected chi connectivity index (χ2v) is 6.53. The molecule has 0 saturated carbocycles. The van der Waals surface area contributed by atoms with Crippen LogP contribution in [0.1, 0.15) is 43.0 Å². The number of aromatic nitrogens is 2. The summed E-state index contributed by atoms with van der Waals surface area (Å²) in [5, 5.41) is 4.04. The van der Waals surface area contributed by atoms with Crippen LogP contribution >= 0.6 is 0 Å². The molecule has 0 radical (unpaired) electrons. The Morgan fingerprint density at radius 2 is 2.15 bits per heavy atom. The monoisotopic (exact) mass is 372 g/mol. The first kappa shape index (κ1) is 19.0. The first-order valence-electron chi connectivity index (χ1n) is 9.09. The Hall–Kier alpha value is -2.74. The minimum Gasteiger partial charge on any atom is -0.370 e. The smallest absolute Gasteiger partial charge is 0.223 e. The summed E-state index contributed by atoms with van der Waals surface area (Å²) in [5.41, 5.74) is 8.37. The van der Waals surface area contributed by atoms with E-state index in [1.54, 1.807) is 4.90 Å². The van der Waals surface area contributed by atoms with Crippen molar-refractivity contribution in [1.29, 1.82) is 0 Å². The molecule has 144 valence electrons. The number of morpholine rings is 1. The van der Waals surface area contributed by atoms with Gasteiger partial charge in [-0.25, -0.2) is 4.98 Å². The van der Waals surface area contributed by atoms with Crippen LogP contribution < -0.4 is 5.73 Å². The molecule has 0 bridgehead atoms. The van der Waals surface area contributed by atoms with Crippen molar-refractivity contribution in [2.24, 2.45) is 5.73 Å². The molecule has 2 aromatic heterocycles. The van der Waals surface area contributed by atoms with E-state index in [0.717, 1.165) is 34.8 Å². The van der Waals surface area contributed by atoms with Gasteiger partial charge in [-0.15, -0.1) is 0 Å². The lowest BCUT2D eigenvalue weighted by atomic mass is 10.1. The van der Waals surface area contributed by atoms with Crippen LogP contribution in [0.3, 0.4) is 0 Å². The number of carbonyl (C=O) groups excluding carboxylic acids is 2. The maximum atomic E-state index is 12.3. The summed E-state index contributed by atoms with van der Waals surface area (Å²) < 4.78 is 11.2. The summed E-state index contributed by atoms with van der Waals surface area (Å²) in [6.07, 6.45) is 0.585. The zero-order valence-corrected chi connectivity index (χ0v) is 15.6. The fourth-order valence-electron chi connectivity index (χ4n) is 3.20. The summed E-state index contributed by atoms with van der Waals surface area (Å²) >= 11 is 0. The average molecular weight is 372 g/mol. The summed E-state index contributed by atoms with van der Waals surface area (Å²) in [5.74, 6) is 0.227. The maximum Gasteiger partial charge on any atom is 0.223 e. The third-order valence-electron chi connectivity index (χ3n) is 4.62. The van der Waals surface area contributed by atoms with E-state index in [1.807, 2.05) is 32.0 Å². The predicted molar refractivity (Wildman–Crippen MR) is 97.6 cm³/mol. The van der Waals surface area contributed by atoms with Gasteiger partial charge in [-0.05, 0) is 19.1 Å². The molecule has 8 nitrogen and oxygen atoms in total. The Bertz CT molecular complexity index is 833. The van der Waals surface area contributed by atoms with Gasteiger partial charge in [0.2, 0.25) is 11.8 Å². The second-order valence-electron chi connectivity index (χ2n) is 6.53. The topological polar surface area (TPSA) is 112 Å². The van der Waals surface area contributed by atoms with Gasteiger partial charge < -0.3 is 19.9 Å². The number of nitrogens with two attached hydrogens (primary N) is 1. The van der Waals surface area contributed by atoms with Crippen molar-refractivity contribution in [3.8, 4) is 11.3 Å². The fraction of sp³-hybridized carbons (Fsp3) is 0.474. The zero-order chi connectivity index (χ0) is 19.4. The van der Waals surface area contributed by atoms with Gasteiger partial charge in [0.25, 0.3) is 0 Å². The van der Waals surface area contributed by atoms with E-state index in [2.05, 4.69) is 5.16 Å². The Morgan fingerprint density at radius 3 is 2.89 bits per heavy atom. The molecule has 0 aliphatic carbocycles. The Balaban J connectivity index is 1.77. The van der Waals surface area contributed by atoms with E-state index in [0.29, 0.717) is 19.7 Å². The Kier molecular flexibility index (Phi) is 5.85. The largest absolute Gasteiger partial charge is 0.370 e. The summed E-state index contributed by atoms with van der Waals surface area (Å²) in [6, 6.07) is 5.72. The zero-order valence-electron chi connectivity index (χ0n) is 15.6. The minimum absolute atomic E-state index is 0.0567. The molecule has 2 aromatic rings. The molecule has 2 amide bonds. The van der Waals surface area contributed by atoms with E-state index >= 15 is 0 Å². The molecule has 3 rings (SSSR count). The molecule has 27 heavy (non-hydrogen) atoms. The molecule has 2 N–H and O–H groups in total. The Morgan fingerprint density at radius 1 is 1.33 bits per heavy atom. The van der Waals surface area contributed by atoms with Gasteiger partial charge >= 0.3 is 0 Å². The number of hydrogen-bond donors (Lipinski definition) is 1. The summed E-state index contributed by atoms with van der Waals surface area (Å²) in [7, 11) is 0. The Labute approximate surface area is 157 Å². The van der Waals surface area contributed by atoms with Crippen molar-refractivity contribution in [2.75, 3.05) is 19.7 Å². The standard InChI is InChI=1S/C19H24N4O4/c1-3-15-19(12(2)22-27-15)14-6-4-5-13(21-14)16-11-23(9-10-26-16)18(25)8-7-17(20)24/h4-6,16H,3,7-11H2,1-2H3,(H2,20,24)/t16-/m0/s1. The van der Waals surface area contributed by atoms with Gasteiger partial charge in [0.1, 0.15) is 11.9 Å². The van der Waals surface area contributed by atoms with Crippen LogP contribution in [0, 0.1) is 6.92 Å². The molecule has 1 aliphatic heterocycles. The van der Waals surface area contributed by atoms with Gasteiger partial charge in [-0.3, -0.25) is 9.59 Å². The third-order valence-corrected chi connectivity index (χ3v) is 4.62. The molecular formula is C19H24N4O4. The fourth-order valence-corrected chi connectivity index (χ4v) is 3.20. The molecule has 0 spiro atoms. The quantitative estimate of drug-likeness (QED) is 0.827. The molecule has 1 aliphatic rings. The minimum atomic E-state index is -0.474. The van der Waals surface area contributed by atoms with Crippen LogP contribution in [-0.2, 0) is 20.7 Å². The van der Waals surface area contributed by atoms with Gasteiger partial charge in [-0.1, -0.05) is 18.1 Å². The van der Waals surface area contributed by atoms with E-state index in [9.17, 15) is 9.59 Å². The number of rotatable bonds is 6. The maximum absolute atomic E-state index is 12.3. The van der Waals surface area contributed by atoms with Crippen LogP contribution in [0.4, 0.5) is 0 Å². The number of carbonyl (C=O) groups is 2. The highest BCUT2D eigenvalue weighted by Gasteiger charge is 2.27. The van der Waals surface area contributed by atoms with Crippen LogP contribution in [0.5, 0.6) is 0 Å². The molecule has 3 heterocycles. The van der Waals surface area contributed by atoms with Gasteiger partial charge in [-0.2, -0.15) is 0 Å². The number of ether oxygens (including phenoxy) is 1. The first-order chi connectivity index (χ1) is 13.0. The lowest BCUT2D eigenvalue weighted by Crippen LogP contribution is -2.42. The number of hydrogen-bond acceptors (Lipinski definition) is 6.